The second-order valence-electron chi connectivity index (χ2n) is 10.0. The van der Waals surface area contributed by atoms with Gasteiger partial charge in [-0.2, -0.15) is 0 Å². The zero-order valence-corrected chi connectivity index (χ0v) is 15.6. The van der Waals surface area contributed by atoms with Gasteiger partial charge in [0.25, 0.3) is 0 Å². The molecule has 4 unspecified atom stereocenters. The first-order valence-electron chi connectivity index (χ1n) is 10.3. The molecular formula is C22H36O. The fraction of sp³-hybridized carbons (Fsp3) is 0.909. The van der Waals surface area contributed by atoms with Crippen LogP contribution in [0.25, 0.3) is 0 Å². The average Bonchev–Trinajstić information content (AvgIpc) is 2.85. The highest BCUT2D eigenvalue weighted by Crippen LogP contribution is 2.67. The lowest BCUT2D eigenvalue weighted by Crippen LogP contribution is -2.51. The molecule has 23 heavy (non-hydrogen) atoms. The van der Waals surface area contributed by atoms with Crippen LogP contribution in [0.15, 0.2) is 11.6 Å². The molecule has 4 aliphatic rings. The minimum atomic E-state index is -0.119. The molecule has 0 aromatic carbocycles. The van der Waals surface area contributed by atoms with Crippen molar-refractivity contribution in [2.45, 2.75) is 85.2 Å². The van der Waals surface area contributed by atoms with Gasteiger partial charge in [0.05, 0.1) is 6.10 Å². The second kappa shape index (κ2) is 5.35. The van der Waals surface area contributed by atoms with E-state index in [-0.39, 0.29) is 6.10 Å². The molecule has 0 aromatic heterocycles. The number of aliphatic hydroxyl groups excluding tert-OH is 1. The van der Waals surface area contributed by atoms with E-state index in [1.807, 2.05) is 12.5 Å². The first-order valence-corrected chi connectivity index (χ1v) is 10.3. The standard InChI is InChI=1S/C22H36O/c1-14-9-11-21(3)16(13-14)5-6-17-19-8-7-18(15(2)23)22(19,4)12-10-20(17)21/h13-15,17-20,23H,5-12H2,1-4H3/t14?,15-,17?,18+,19?,20?,21-,22+/m0/s1. The molecule has 0 spiro atoms. The monoisotopic (exact) mass is 316 g/mol. The minimum Gasteiger partial charge on any atom is -0.393 e. The quantitative estimate of drug-likeness (QED) is 0.626. The van der Waals surface area contributed by atoms with E-state index in [1.165, 1.54) is 51.4 Å². The summed E-state index contributed by atoms with van der Waals surface area (Å²) in [5.74, 6) is 4.06. The lowest BCUT2D eigenvalue weighted by molar-refractivity contribution is -0.0707. The van der Waals surface area contributed by atoms with Crippen molar-refractivity contribution in [1.29, 1.82) is 0 Å². The summed E-state index contributed by atoms with van der Waals surface area (Å²) in [5.41, 5.74) is 2.72. The molecule has 0 saturated heterocycles. The third-order valence-corrected chi connectivity index (χ3v) is 9.00. The summed E-state index contributed by atoms with van der Waals surface area (Å²) in [6.45, 7) is 9.57. The van der Waals surface area contributed by atoms with E-state index in [9.17, 15) is 5.11 Å². The second-order valence-corrected chi connectivity index (χ2v) is 10.0. The van der Waals surface area contributed by atoms with Crippen molar-refractivity contribution in [3.63, 3.8) is 0 Å². The summed E-state index contributed by atoms with van der Waals surface area (Å²) in [6, 6.07) is 0. The number of hydrogen-bond donors (Lipinski definition) is 1. The Bertz CT molecular complexity index is 506. The Balaban J connectivity index is 1.64. The Morgan fingerprint density at radius 1 is 1.04 bits per heavy atom. The average molecular weight is 317 g/mol. The Morgan fingerprint density at radius 3 is 2.57 bits per heavy atom. The molecule has 3 fully saturated rings. The highest BCUT2D eigenvalue weighted by atomic mass is 16.3. The highest BCUT2D eigenvalue weighted by Gasteiger charge is 2.59. The van der Waals surface area contributed by atoms with Crippen molar-refractivity contribution in [3.8, 4) is 0 Å². The van der Waals surface area contributed by atoms with Crippen LogP contribution in [0, 0.1) is 40.4 Å². The lowest BCUT2D eigenvalue weighted by atomic mass is 9.46. The molecule has 1 heteroatoms. The van der Waals surface area contributed by atoms with Gasteiger partial charge in [0, 0.05) is 0 Å². The van der Waals surface area contributed by atoms with Gasteiger partial charge in [-0.3, -0.25) is 0 Å². The van der Waals surface area contributed by atoms with Crippen LogP contribution < -0.4 is 0 Å². The molecule has 4 rings (SSSR count). The normalized spacial score (nSPS) is 53.8. The molecule has 0 amide bonds. The first kappa shape index (κ1) is 16.2. The molecule has 130 valence electrons. The number of fused-ring (bicyclic) bond motifs is 5. The summed E-state index contributed by atoms with van der Waals surface area (Å²) in [7, 11) is 0. The van der Waals surface area contributed by atoms with E-state index in [0.717, 1.165) is 23.7 Å². The van der Waals surface area contributed by atoms with Gasteiger partial charge < -0.3 is 5.11 Å². The molecule has 1 N–H and O–H groups in total. The molecule has 1 nitrogen and oxygen atoms in total. The summed E-state index contributed by atoms with van der Waals surface area (Å²) in [4.78, 5) is 0. The third-order valence-electron chi connectivity index (χ3n) is 9.00. The first-order chi connectivity index (χ1) is 10.9. The van der Waals surface area contributed by atoms with Gasteiger partial charge in [0.15, 0.2) is 0 Å². The maximum Gasteiger partial charge on any atom is 0.0545 e. The number of aliphatic hydroxyl groups is 1. The molecule has 0 bridgehead atoms. The topological polar surface area (TPSA) is 20.2 Å². The maximum atomic E-state index is 10.3. The van der Waals surface area contributed by atoms with E-state index in [0.29, 0.717) is 16.7 Å². The van der Waals surface area contributed by atoms with Gasteiger partial charge in [-0.1, -0.05) is 32.4 Å². The van der Waals surface area contributed by atoms with Crippen LogP contribution in [-0.2, 0) is 0 Å². The van der Waals surface area contributed by atoms with Crippen molar-refractivity contribution in [1.82, 2.24) is 0 Å². The van der Waals surface area contributed by atoms with E-state index < -0.39 is 0 Å². The molecule has 0 aliphatic heterocycles. The molecule has 0 heterocycles. The van der Waals surface area contributed by atoms with E-state index in [1.54, 1.807) is 0 Å². The minimum absolute atomic E-state index is 0.119. The van der Waals surface area contributed by atoms with Crippen LogP contribution in [0.1, 0.15) is 79.1 Å². The van der Waals surface area contributed by atoms with E-state index >= 15 is 0 Å². The summed E-state index contributed by atoms with van der Waals surface area (Å²) < 4.78 is 0. The predicted octanol–water partition coefficient (Wildman–Crippen LogP) is 5.58. The number of allylic oxidation sites excluding steroid dienone is 2. The van der Waals surface area contributed by atoms with E-state index in [4.69, 9.17) is 0 Å². The summed E-state index contributed by atoms with van der Waals surface area (Å²) >= 11 is 0. The SMILES string of the molecule is CC1C=C2CCC3C(CC[C@@]4(C)C3CC[C@@H]4[C@H](C)O)[C@@]2(C)CC1. The Hall–Kier alpha value is -0.300. The Morgan fingerprint density at radius 2 is 1.83 bits per heavy atom. The van der Waals surface area contributed by atoms with Gasteiger partial charge in [-0.25, -0.2) is 0 Å². The molecule has 0 radical (unpaired) electrons. The van der Waals surface area contributed by atoms with Crippen LogP contribution >= 0.6 is 0 Å². The van der Waals surface area contributed by atoms with Crippen molar-refractivity contribution in [3.05, 3.63) is 11.6 Å². The molecule has 3 saturated carbocycles. The van der Waals surface area contributed by atoms with Crippen molar-refractivity contribution in [2.24, 2.45) is 40.4 Å². The van der Waals surface area contributed by atoms with Crippen LogP contribution in [0.5, 0.6) is 0 Å². The molecule has 4 aliphatic carbocycles. The van der Waals surface area contributed by atoms with Crippen molar-refractivity contribution >= 4 is 0 Å². The van der Waals surface area contributed by atoms with Gasteiger partial charge in [0.2, 0.25) is 0 Å². The fourth-order valence-corrected chi connectivity index (χ4v) is 7.73. The van der Waals surface area contributed by atoms with Gasteiger partial charge in [-0.05, 0) is 98.7 Å². The van der Waals surface area contributed by atoms with E-state index in [2.05, 4.69) is 26.8 Å². The van der Waals surface area contributed by atoms with Crippen molar-refractivity contribution < 1.29 is 5.11 Å². The molecule has 8 atom stereocenters. The fourth-order valence-electron chi connectivity index (χ4n) is 7.73. The van der Waals surface area contributed by atoms with Crippen LogP contribution in [0.3, 0.4) is 0 Å². The number of hydrogen-bond acceptors (Lipinski definition) is 1. The van der Waals surface area contributed by atoms with Gasteiger partial charge in [0.1, 0.15) is 0 Å². The predicted molar refractivity (Wildman–Crippen MR) is 96.0 cm³/mol. The smallest absolute Gasteiger partial charge is 0.0545 e. The van der Waals surface area contributed by atoms with Crippen LogP contribution in [0.2, 0.25) is 0 Å². The highest BCUT2D eigenvalue weighted by molar-refractivity contribution is 5.24. The van der Waals surface area contributed by atoms with Gasteiger partial charge in [-0.15, -0.1) is 0 Å². The Labute approximate surface area is 142 Å². The largest absolute Gasteiger partial charge is 0.393 e. The van der Waals surface area contributed by atoms with Crippen molar-refractivity contribution in [2.75, 3.05) is 0 Å². The summed E-state index contributed by atoms with van der Waals surface area (Å²) in [5, 5.41) is 10.3. The van der Waals surface area contributed by atoms with Crippen LogP contribution in [-0.4, -0.2) is 11.2 Å². The van der Waals surface area contributed by atoms with Crippen LogP contribution in [0.4, 0.5) is 0 Å². The Kier molecular flexibility index (Phi) is 3.76. The zero-order valence-electron chi connectivity index (χ0n) is 15.6. The van der Waals surface area contributed by atoms with Gasteiger partial charge >= 0.3 is 0 Å². The maximum absolute atomic E-state index is 10.3. The summed E-state index contributed by atoms with van der Waals surface area (Å²) in [6.07, 6.45) is 13.5. The molecular weight excluding hydrogens is 280 g/mol. The lowest BCUT2D eigenvalue weighted by Gasteiger charge is -2.58. The third kappa shape index (κ3) is 2.21. The number of rotatable bonds is 1. The zero-order chi connectivity index (χ0) is 16.4. The molecule has 0 aromatic rings.